The molecule has 1 aromatic carbocycles. The molecular weight excluding hydrogens is 264 g/mol. The van der Waals surface area contributed by atoms with Crippen LogP contribution >= 0.6 is 0 Å². The van der Waals surface area contributed by atoms with Crippen molar-refractivity contribution in [1.82, 2.24) is 4.72 Å². The third kappa shape index (κ3) is 3.88. The van der Waals surface area contributed by atoms with Crippen molar-refractivity contribution in [3.05, 3.63) is 18.2 Å². The maximum atomic E-state index is 12.2. The molecule has 5 nitrogen and oxygen atoms in total. The zero-order chi connectivity index (χ0) is 14.5. The van der Waals surface area contributed by atoms with Gasteiger partial charge in [0.05, 0.1) is 13.2 Å². The van der Waals surface area contributed by atoms with Gasteiger partial charge in [0.1, 0.15) is 10.6 Å². The van der Waals surface area contributed by atoms with Crippen molar-refractivity contribution in [3.63, 3.8) is 0 Å². The van der Waals surface area contributed by atoms with Gasteiger partial charge in [-0.15, -0.1) is 6.42 Å². The van der Waals surface area contributed by atoms with Crippen LogP contribution < -0.4 is 15.2 Å². The van der Waals surface area contributed by atoms with Crippen molar-refractivity contribution in [3.8, 4) is 18.1 Å². The summed E-state index contributed by atoms with van der Waals surface area (Å²) in [6, 6.07) is 3.83. The quantitative estimate of drug-likeness (QED) is 0.609. The van der Waals surface area contributed by atoms with Gasteiger partial charge in [-0.25, -0.2) is 8.42 Å². The van der Waals surface area contributed by atoms with Gasteiger partial charge >= 0.3 is 0 Å². The highest BCUT2D eigenvalue weighted by Gasteiger charge is 2.22. The first-order valence-corrected chi connectivity index (χ1v) is 7.35. The first kappa shape index (κ1) is 15.3. The number of hydrogen-bond acceptors (Lipinski definition) is 4. The molecule has 0 saturated heterocycles. The number of benzene rings is 1. The molecule has 0 saturated carbocycles. The predicted octanol–water partition coefficient (Wildman–Crippen LogP) is 1.36. The van der Waals surface area contributed by atoms with Gasteiger partial charge in [-0.2, -0.15) is 4.72 Å². The Bertz CT molecular complexity index is 576. The topological polar surface area (TPSA) is 81.4 Å². The monoisotopic (exact) mass is 282 g/mol. The molecule has 0 fully saturated rings. The third-order valence-electron chi connectivity index (χ3n) is 2.55. The molecule has 0 aliphatic rings. The van der Waals surface area contributed by atoms with Crippen LogP contribution in [-0.2, 0) is 10.0 Å². The third-order valence-corrected chi connectivity index (χ3v) is 4.06. The van der Waals surface area contributed by atoms with Gasteiger partial charge in [0.25, 0.3) is 0 Å². The second-order valence-corrected chi connectivity index (χ2v) is 5.72. The van der Waals surface area contributed by atoms with Gasteiger partial charge < -0.3 is 10.5 Å². The summed E-state index contributed by atoms with van der Waals surface area (Å²) in [5.41, 5.74) is 6.02. The van der Waals surface area contributed by atoms with Crippen LogP contribution in [0, 0.1) is 12.3 Å². The van der Waals surface area contributed by atoms with E-state index in [1.807, 2.05) is 6.92 Å². The lowest BCUT2D eigenvalue weighted by Crippen LogP contribution is -2.33. The van der Waals surface area contributed by atoms with E-state index < -0.39 is 16.1 Å². The summed E-state index contributed by atoms with van der Waals surface area (Å²) in [6.45, 7) is 1.93. The second-order valence-electron chi connectivity index (χ2n) is 4.04. The Morgan fingerprint density at radius 2 is 2.21 bits per heavy atom. The number of hydrogen-bond donors (Lipinski definition) is 2. The van der Waals surface area contributed by atoms with Crippen LogP contribution in [0.4, 0.5) is 5.69 Å². The van der Waals surface area contributed by atoms with Gasteiger partial charge in [0.15, 0.2) is 0 Å². The van der Waals surface area contributed by atoms with Crippen LogP contribution in [0.25, 0.3) is 0 Å². The standard InChI is InChI=1S/C13H18N2O3S/c1-4-6-11(5-2)15-19(16,17)13-8-7-10(14)9-12(13)18-3/h2,7-9,11,15H,4,6,14H2,1,3H3. The Morgan fingerprint density at radius 3 is 2.74 bits per heavy atom. The maximum Gasteiger partial charge on any atom is 0.245 e. The van der Waals surface area contributed by atoms with Gasteiger partial charge in [0, 0.05) is 11.8 Å². The number of rotatable bonds is 6. The van der Waals surface area contributed by atoms with E-state index in [1.165, 1.54) is 25.3 Å². The molecule has 0 spiro atoms. The fourth-order valence-electron chi connectivity index (χ4n) is 1.62. The lowest BCUT2D eigenvalue weighted by Gasteiger charge is -2.15. The van der Waals surface area contributed by atoms with E-state index in [9.17, 15) is 8.42 Å². The molecule has 19 heavy (non-hydrogen) atoms. The largest absolute Gasteiger partial charge is 0.495 e. The maximum absolute atomic E-state index is 12.2. The van der Waals surface area contributed by atoms with Crippen molar-refractivity contribution in [1.29, 1.82) is 0 Å². The molecule has 1 rings (SSSR count). The molecule has 0 heterocycles. The fraction of sp³-hybridized carbons (Fsp3) is 0.385. The number of sulfonamides is 1. The minimum absolute atomic E-state index is 0.0283. The number of anilines is 1. The number of ether oxygens (including phenoxy) is 1. The van der Waals surface area contributed by atoms with Crippen LogP contribution in [0.15, 0.2) is 23.1 Å². The SMILES string of the molecule is C#CC(CCC)NS(=O)(=O)c1ccc(N)cc1OC. The van der Waals surface area contributed by atoms with E-state index in [4.69, 9.17) is 16.9 Å². The molecule has 104 valence electrons. The molecule has 0 aromatic heterocycles. The summed E-state index contributed by atoms with van der Waals surface area (Å²) in [4.78, 5) is 0.0283. The Hall–Kier alpha value is -1.71. The lowest BCUT2D eigenvalue weighted by atomic mass is 10.2. The Kier molecular flexibility index (Phi) is 5.21. The minimum Gasteiger partial charge on any atom is -0.495 e. The molecule has 6 heteroatoms. The normalized spacial score (nSPS) is 12.7. The number of terminal acetylenes is 1. The van der Waals surface area contributed by atoms with Gasteiger partial charge in [-0.3, -0.25) is 0 Å². The first-order valence-electron chi connectivity index (χ1n) is 5.86. The van der Waals surface area contributed by atoms with Gasteiger partial charge in [-0.1, -0.05) is 19.3 Å². The average molecular weight is 282 g/mol. The molecule has 0 radical (unpaired) electrons. The van der Waals surface area contributed by atoms with E-state index in [-0.39, 0.29) is 10.6 Å². The molecule has 0 aliphatic heterocycles. The highest BCUT2D eigenvalue weighted by Crippen LogP contribution is 2.26. The Labute approximate surface area is 114 Å². The summed E-state index contributed by atoms with van der Waals surface area (Å²) in [5.74, 6) is 2.62. The Morgan fingerprint density at radius 1 is 1.53 bits per heavy atom. The van der Waals surface area contributed by atoms with Crippen molar-refractivity contribution in [2.24, 2.45) is 0 Å². The number of nitrogens with one attached hydrogen (secondary N) is 1. The highest BCUT2D eigenvalue weighted by atomic mass is 32.2. The van der Waals surface area contributed by atoms with E-state index in [0.29, 0.717) is 12.1 Å². The number of nitrogen functional groups attached to an aromatic ring is 1. The van der Waals surface area contributed by atoms with E-state index in [2.05, 4.69) is 10.6 Å². The lowest BCUT2D eigenvalue weighted by molar-refractivity contribution is 0.402. The van der Waals surface area contributed by atoms with Crippen LogP contribution in [-0.4, -0.2) is 21.6 Å². The summed E-state index contributed by atoms with van der Waals surface area (Å²) in [5, 5.41) is 0. The van der Waals surface area contributed by atoms with Crippen molar-refractivity contribution < 1.29 is 13.2 Å². The van der Waals surface area contributed by atoms with E-state index in [0.717, 1.165) is 6.42 Å². The van der Waals surface area contributed by atoms with E-state index in [1.54, 1.807) is 0 Å². The summed E-state index contributed by atoms with van der Waals surface area (Å²) in [6.07, 6.45) is 6.67. The molecule has 1 aromatic rings. The van der Waals surface area contributed by atoms with Crippen molar-refractivity contribution in [2.75, 3.05) is 12.8 Å². The second kappa shape index (κ2) is 6.45. The molecule has 0 amide bonds. The van der Waals surface area contributed by atoms with Crippen LogP contribution in [0.2, 0.25) is 0 Å². The molecule has 1 unspecified atom stereocenters. The molecular formula is C13H18N2O3S. The van der Waals surface area contributed by atoms with Gasteiger partial charge in [-0.05, 0) is 18.6 Å². The number of nitrogens with two attached hydrogens (primary N) is 1. The van der Waals surface area contributed by atoms with Gasteiger partial charge in [0.2, 0.25) is 10.0 Å². The van der Waals surface area contributed by atoms with Crippen molar-refractivity contribution >= 4 is 15.7 Å². The zero-order valence-electron chi connectivity index (χ0n) is 11.0. The fourth-order valence-corrected chi connectivity index (χ4v) is 2.96. The molecule has 1 atom stereocenters. The molecule has 3 N–H and O–H groups in total. The summed E-state index contributed by atoms with van der Waals surface area (Å²) < 4.78 is 32.0. The number of methoxy groups -OCH3 is 1. The summed E-state index contributed by atoms with van der Waals surface area (Å²) in [7, 11) is -2.34. The zero-order valence-corrected chi connectivity index (χ0v) is 11.8. The minimum atomic E-state index is -3.73. The van der Waals surface area contributed by atoms with E-state index >= 15 is 0 Å². The predicted molar refractivity (Wildman–Crippen MR) is 75.3 cm³/mol. The summed E-state index contributed by atoms with van der Waals surface area (Å²) >= 11 is 0. The van der Waals surface area contributed by atoms with Crippen molar-refractivity contribution in [2.45, 2.75) is 30.7 Å². The molecule has 0 aliphatic carbocycles. The highest BCUT2D eigenvalue weighted by molar-refractivity contribution is 7.89. The Balaban J connectivity index is 3.10. The van der Waals surface area contributed by atoms with Crippen LogP contribution in [0.5, 0.6) is 5.75 Å². The van der Waals surface area contributed by atoms with Crippen LogP contribution in [0.1, 0.15) is 19.8 Å². The average Bonchev–Trinajstić information content (AvgIpc) is 2.37. The molecule has 0 bridgehead atoms. The van der Waals surface area contributed by atoms with Crippen LogP contribution in [0.3, 0.4) is 0 Å². The first-order chi connectivity index (χ1) is 8.94. The smallest absolute Gasteiger partial charge is 0.245 e.